The van der Waals surface area contributed by atoms with Gasteiger partial charge < -0.3 is 4.74 Å². The maximum Gasteiger partial charge on any atom is 0.416 e. The van der Waals surface area contributed by atoms with E-state index in [1.807, 2.05) is 0 Å². The molecule has 0 aliphatic heterocycles. The van der Waals surface area contributed by atoms with Crippen molar-refractivity contribution >= 4 is 17.2 Å². The van der Waals surface area contributed by atoms with Crippen molar-refractivity contribution in [1.82, 2.24) is 14.6 Å². The minimum Gasteiger partial charge on any atom is -0.496 e. The number of hydrogen-bond donors (Lipinski definition) is 0. The van der Waals surface area contributed by atoms with Gasteiger partial charge in [0.25, 0.3) is 0 Å². The van der Waals surface area contributed by atoms with E-state index in [-0.39, 0.29) is 11.0 Å². The van der Waals surface area contributed by atoms with E-state index in [4.69, 9.17) is 16.3 Å². The first kappa shape index (κ1) is 14.6. The molecule has 0 bridgehead atoms. The predicted octanol–water partition coefficient (Wildman–Crippen LogP) is 4.08. The number of ether oxygens (including phenoxy) is 1. The van der Waals surface area contributed by atoms with Gasteiger partial charge in [-0.2, -0.15) is 18.2 Å². The number of halogens is 4. The third-order valence-corrected chi connectivity index (χ3v) is 3.30. The van der Waals surface area contributed by atoms with Crippen molar-refractivity contribution in [2.75, 3.05) is 7.11 Å². The van der Waals surface area contributed by atoms with Gasteiger partial charge in [0, 0.05) is 5.56 Å². The number of pyridine rings is 1. The minimum absolute atomic E-state index is 0.0540. The number of alkyl halides is 3. The van der Waals surface area contributed by atoms with Gasteiger partial charge in [-0.15, -0.1) is 5.10 Å². The zero-order valence-electron chi connectivity index (χ0n) is 11.2. The summed E-state index contributed by atoms with van der Waals surface area (Å²) in [6.45, 7) is 0. The lowest BCUT2D eigenvalue weighted by molar-refractivity contribution is -0.137. The van der Waals surface area contributed by atoms with E-state index in [1.54, 1.807) is 18.2 Å². The van der Waals surface area contributed by atoms with Crippen LogP contribution in [0.2, 0.25) is 5.28 Å². The van der Waals surface area contributed by atoms with Crippen LogP contribution in [0.4, 0.5) is 13.2 Å². The van der Waals surface area contributed by atoms with E-state index < -0.39 is 11.7 Å². The zero-order valence-corrected chi connectivity index (χ0v) is 12.0. The fraction of sp³-hybridized carbons (Fsp3) is 0.143. The number of hydrogen-bond acceptors (Lipinski definition) is 3. The second kappa shape index (κ2) is 5.17. The van der Waals surface area contributed by atoms with Crippen molar-refractivity contribution in [1.29, 1.82) is 0 Å². The normalized spacial score (nSPS) is 11.9. The molecule has 0 aliphatic carbocycles. The van der Waals surface area contributed by atoms with E-state index in [0.717, 1.165) is 12.1 Å². The molecule has 0 unspecified atom stereocenters. The van der Waals surface area contributed by atoms with E-state index in [2.05, 4.69) is 10.1 Å². The first-order chi connectivity index (χ1) is 10.4. The number of nitrogens with zero attached hydrogens (tertiary/aromatic N) is 3. The molecule has 0 aliphatic rings. The molecule has 4 nitrogen and oxygen atoms in total. The Labute approximate surface area is 128 Å². The van der Waals surface area contributed by atoms with Crippen LogP contribution in [0.5, 0.6) is 5.75 Å². The Bertz CT molecular complexity index is 845. The fourth-order valence-corrected chi connectivity index (χ4v) is 2.32. The molecule has 0 amide bonds. The van der Waals surface area contributed by atoms with Gasteiger partial charge in [0.1, 0.15) is 5.75 Å². The molecule has 0 saturated heterocycles. The molecule has 8 heteroatoms. The highest BCUT2D eigenvalue weighted by Gasteiger charge is 2.31. The topological polar surface area (TPSA) is 39.4 Å². The Morgan fingerprint density at radius 2 is 1.95 bits per heavy atom. The molecule has 0 spiro atoms. The summed E-state index contributed by atoms with van der Waals surface area (Å²) in [6, 6.07) is 8.39. The lowest BCUT2D eigenvalue weighted by atomic mass is 10.1. The summed E-state index contributed by atoms with van der Waals surface area (Å²) in [6.07, 6.45) is -4.44. The van der Waals surface area contributed by atoms with Crippen molar-refractivity contribution in [2.45, 2.75) is 6.18 Å². The molecule has 0 N–H and O–H groups in total. The molecule has 22 heavy (non-hydrogen) atoms. The molecular weight excluding hydrogens is 319 g/mol. The van der Waals surface area contributed by atoms with Crippen LogP contribution < -0.4 is 4.74 Å². The van der Waals surface area contributed by atoms with Crippen LogP contribution in [0.25, 0.3) is 16.9 Å². The van der Waals surface area contributed by atoms with Gasteiger partial charge in [0.15, 0.2) is 5.65 Å². The quantitative estimate of drug-likeness (QED) is 0.712. The molecule has 2 heterocycles. The van der Waals surface area contributed by atoms with E-state index in [0.29, 0.717) is 16.9 Å². The highest BCUT2D eigenvalue weighted by molar-refractivity contribution is 6.28. The molecule has 114 valence electrons. The average Bonchev–Trinajstić information content (AvgIpc) is 2.85. The molecule has 0 saturated carbocycles. The smallest absolute Gasteiger partial charge is 0.416 e. The van der Waals surface area contributed by atoms with Gasteiger partial charge in [-0.3, -0.25) is 0 Å². The maximum absolute atomic E-state index is 12.8. The van der Waals surface area contributed by atoms with Gasteiger partial charge in [-0.1, -0.05) is 6.07 Å². The standard InChI is InChI=1S/C14H9ClF3N3O/c1-22-11-7-8(14(16,17)18)5-6-9(11)10-3-2-4-12-19-13(15)20-21(10)12/h2-7H,1H3. The number of aromatic nitrogens is 3. The summed E-state index contributed by atoms with van der Waals surface area (Å²) in [7, 11) is 1.31. The average molecular weight is 328 g/mol. The number of methoxy groups -OCH3 is 1. The fourth-order valence-electron chi connectivity index (χ4n) is 2.16. The monoisotopic (exact) mass is 327 g/mol. The third-order valence-electron chi connectivity index (χ3n) is 3.14. The molecule has 0 atom stereocenters. The number of benzene rings is 1. The van der Waals surface area contributed by atoms with Crippen molar-refractivity contribution in [3.8, 4) is 17.0 Å². The summed E-state index contributed by atoms with van der Waals surface area (Å²) in [5.41, 5.74) is 0.700. The Morgan fingerprint density at radius 3 is 2.64 bits per heavy atom. The molecule has 0 fully saturated rings. The Balaban J connectivity index is 2.22. The van der Waals surface area contributed by atoms with Gasteiger partial charge >= 0.3 is 6.18 Å². The molecular formula is C14H9ClF3N3O. The highest BCUT2D eigenvalue weighted by Crippen LogP contribution is 2.37. The largest absolute Gasteiger partial charge is 0.496 e. The molecule has 0 radical (unpaired) electrons. The zero-order chi connectivity index (χ0) is 15.9. The lowest BCUT2D eigenvalue weighted by Gasteiger charge is -2.13. The molecule has 1 aromatic carbocycles. The second-order valence-corrected chi connectivity index (χ2v) is 4.81. The van der Waals surface area contributed by atoms with E-state index >= 15 is 0 Å². The van der Waals surface area contributed by atoms with E-state index in [1.165, 1.54) is 17.7 Å². The van der Waals surface area contributed by atoms with Crippen LogP contribution in [0.15, 0.2) is 36.4 Å². The summed E-state index contributed by atoms with van der Waals surface area (Å²) >= 11 is 5.78. The van der Waals surface area contributed by atoms with Crippen LogP contribution in [0.1, 0.15) is 5.56 Å². The van der Waals surface area contributed by atoms with Crippen LogP contribution in [-0.2, 0) is 6.18 Å². The van der Waals surface area contributed by atoms with Crippen LogP contribution in [0, 0.1) is 0 Å². The number of fused-ring (bicyclic) bond motifs is 1. The first-order valence-corrected chi connectivity index (χ1v) is 6.55. The van der Waals surface area contributed by atoms with Crippen LogP contribution in [0.3, 0.4) is 0 Å². The van der Waals surface area contributed by atoms with Crippen molar-refractivity contribution in [3.63, 3.8) is 0 Å². The lowest BCUT2D eigenvalue weighted by Crippen LogP contribution is -2.06. The van der Waals surface area contributed by atoms with Gasteiger partial charge in [0.2, 0.25) is 5.28 Å². The Morgan fingerprint density at radius 1 is 1.18 bits per heavy atom. The Hall–Kier alpha value is -2.28. The second-order valence-electron chi connectivity index (χ2n) is 4.47. The predicted molar refractivity (Wildman–Crippen MR) is 75.0 cm³/mol. The number of rotatable bonds is 2. The van der Waals surface area contributed by atoms with Crippen LogP contribution >= 0.6 is 11.6 Å². The molecule has 3 rings (SSSR count). The summed E-state index contributed by atoms with van der Waals surface area (Å²) in [5, 5.41) is 4.08. The summed E-state index contributed by atoms with van der Waals surface area (Å²) < 4.78 is 44.9. The van der Waals surface area contributed by atoms with Crippen molar-refractivity contribution in [2.24, 2.45) is 0 Å². The third kappa shape index (κ3) is 2.48. The highest BCUT2D eigenvalue weighted by atomic mass is 35.5. The van der Waals surface area contributed by atoms with Gasteiger partial charge in [-0.05, 0) is 41.9 Å². The van der Waals surface area contributed by atoms with Gasteiger partial charge in [-0.25, -0.2) is 4.52 Å². The Kier molecular flexibility index (Phi) is 3.44. The molecule has 3 aromatic rings. The summed E-state index contributed by atoms with van der Waals surface area (Å²) in [4.78, 5) is 4.01. The van der Waals surface area contributed by atoms with Gasteiger partial charge in [0.05, 0.1) is 18.4 Å². The van der Waals surface area contributed by atoms with E-state index in [9.17, 15) is 13.2 Å². The summed E-state index contributed by atoms with van der Waals surface area (Å²) in [5.74, 6) is 0.0916. The SMILES string of the molecule is COc1cc(C(F)(F)F)ccc1-c1cccc2nc(Cl)nn12. The van der Waals surface area contributed by atoms with Crippen LogP contribution in [-0.4, -0.2) is 21.7 Å². The minimum atomic E-state index is -4.44. The first-order valence-electron chi connectivity index (χ1n) is 6.17. The maximum atomic E-state index is 12.8. The van der Waals surface area contributed by atoms with Crippen molar-refractivity contribution < 1.29 is 17.9 Å². The molecule has 2 aromatic heterocycles. The van der Waals surface area contributed by atoms with Crippen molar-refractivity contribution in [3.05, 3.63) is 47.2 Å².